The first-order valence-corrected chi connectivity index (χ1v) is 8.40. The Morgan fingerprint density at radius 2 is 1.80 bits per heavy atom. The Bertz CT molecular complexity index is 713. The summed E-state index contributed by atoms with van der Waals surface area (Å²) in [5.41, 5.74) is 2.56. The van der Waals surface area contributed by atoms with Gasteiger partial charge < -0.3 is 15.2 Å². The number of hydrogen-bond acceptors (Lipinski definition) is 4. The Kier molecular flexibility index (Phi) is 7.21. The van der Waals surface area contributed by atoms with Gasteiger partial charge in [-0.2, -0.15) is 5.26 Å². The summed E-state index contributed by atoms with van der Waals surface area (Å²) in [6, 6.07) is 17.0. The highest BCUT2D eigenvalue weighted by atomic mass is 16.5. The predicted molar refractivity (Wildman–Crippen MR) is 100 cm³/mol. The first-order valence-electron chi connectivity index (χ1n) is 8.40. The maximum absolute atomic E-state index is 10.2. The number of nitrogens with zero attached hydrogens (tertiary/aromatic N) is 1. The smallest absolute Gasteiger partial charge is 0.119 e. The van der Waals surface area contributed by atoms with Crippen molar-refractivity contribution in [3.05, 3.63) is 71.3 Å². The largest absolute Gasteiger partial charge is 0.491 e. The van der Waals surface area contributed by atoms with Crippen LogP contribution in [-0.4, -0.2) is 24.3 Å². The maximum Gasteiger partial charge on any atom is 0.119 e. The van der Waals surface area contributed by atoms with E-state index in [0.29, 0.717) is 18.7 Å². The van der Waals surface area contributed by atoms with E-state index in [2.05, 4.69) is 11.4 Å². The van der Waals surface area contributed by atoms with Crippen LogP contribution in [0, 0.1) is 11.3 Å². The molecule has 0 spiro atoms. The summed E-state index contributed by atoms with van der Waals surface area (Å²) in [5.74, 6) is 0.809. The minimum absolute atomic E-state index is 0.139. The van der Waals surface area contributed by atoms with Gasteiger partial charge in [0.05, 0.1) is 23.8 Å². The monoisotopic (exact) mass is 336 g/mol. The van der Waals surface area contributed by atoms with Crippen LogP contribution in [-0.2, 0) is 0 Å². The van der Waals surface area contributed by atoms with E-state index in [1.54, 1.807) is 12.1 Å². The van der Waals surface area contributed by atoms with Crippen LogP contribution < -0.4 is 10.1 Å². The number of benzene rings is 2. The minimum atomic E-state index is -0.559. The molecule has 1 atom stereocenters. The molecule has 2 rings (SSSR count). The third-order valence-corrected chi connectivity index (χ3v) is 3.59. The third-order valence-electron chi connectivity index (χ3n) is 3.59. The van der Waals surface area contributed by atoms with Crippen LogP contribution in [0.5, 0.6) is 5.75 Å². The van der Waals surface area contributed by atoms with Crippen LogP contribution in [0.25, 0.3) is 6.08 Å². The third kappa shape index (κ3) is 6.42. The lowest BCUT2D eigenvalue weighted by Crippen LogP contribution is -2.21. The van der Waals surface area contributed by atoms with Crippen LogP contribution in [0.3, 0.4) is 0 Å². The summed E-state index contributed by atoms with van der Waals surface area (Å²) in [4.78, 5) is 0. The number of rotatable bonds is 8. The molecule has 0 amide bonds. The molecule has 2 aromatic carbocycles. The zero-order valence-corrected chi connectivity index (χ0v) is 14.6. The van der Waals surface area contributed by atoms with Crippen molar-refractivity contribution < 1.29 is 9.84 Å². The van der Waals surface area contributed by atoms with Gasteiger partial charge in [0.2, 0.25) is 0 Å². The normalized spacial score (nSPS) is 12.3. The lowest BCUT2D eigenvalue weighted by molar-refractivity contribution is 0.176. The minimum Gasteiger partial charge on any atom is -0.491 e. The molecule has 0 saturated carbocycles. The average molecular weight is 336 g/mol. The van der Waals surface area contributed by atoms with E-state index in [0.717, 1.165) is 16.9 Å². The van der Waals surface area contributed by atoms with Crippen LogP contribution >= 0.6 is 0 Å². The van der Waals surface area contributed by atoms with Crippen molar-refractivity contribution in [3.8, 4) is 11.8 Å². The van der Waals surface area contributed by atoms with Gasteiger partial charge in [-0.1, -0.05) is 36.4 Å². The van der Waals surface area contributed by atoms with Crippen molar-refractivity contribution in [1.82, 2.24) is 5.32 Å². The van der Waals surface area contributed by atoms with Crippen LogP contribution in [0.4, 0.5) is 0 Å². The van der Waals surface area contributed by atoms with E-state index in [1.807, 2.05) is 62.4 Å². The number of ether oxygens (including phenoxy) is 1. The molecular formula is C21H24N2O2. The highest BCUT2D eigenvalue weighted by Crippen LogP contribution is 2.18. The van der Waals surface area contributed by atoms with Crippen LogP contribution in [0.1, 0.15) is 36.6 Å². The summed E-state index contributed by atoms with van der Waals surface area (Å²) in [7, 11) is 0. The molecule has 4 heteroatoms. The van der Waals surface area contributed by atoms with Crippen molar-refractivity contribution in [3.63, 3.8) is 0 Å². The molecule has 0 aliphatic carbocycles. The van der Waals surface area contributed by atoms with Crippen LogP contribution in [0.2, 0.25) is 0 Å². The molecule has 25 heavy (non-hydrogen) atoms. The second-order valence-electron chi connectivity index (χ2n) is 6.05. The summed E-state index contributed by atoms with van der Waals surface area (Å²) >= 11 is 0. The van der Waals surface area contributed by atoms with Gasteiger partial charge in [-0.25, -0.2) is 0 Å². The fraction of sp³-hybridized carbons (Fsp3) is 0.286. The predicted octanol–water partition coefficient (Wildman–Crippen LogP) is 3.68. The van der Waals surface area contributed by atoms with E-state index >= 15 is 0 Å². The second-order valence-corrected chi connectivity index (χ2v) is 6.05. The fourth-order valence-corrected chi connectivity index (χ4v) is 2.33. The van der Waals surface area contributed by atoms with Gasteiger partial charge >= 0.3 is 0 Å². The van der Waals surface area contributed by atoms with Gasteiger partial charge in [-0.05, 0) is 49.2 Å². The number of nitrogens with one attached hydrogen (secondary N) is 1. The molecule has 0 radical (unpaired) electrons. The molecule has 2 aromatic rings. The molecule has 1 unspecified atom stereocenters. The highest BCUT2D eigenvalue weighted by molar-refractivity contribution is 5.51. The molecule has 0 aliphatic rings. The summed E-state index contributed by atoms with van der Waals surface area (Å²) < 4.78 is 5.59. The Labute approximate surface area is 149 Å². The van der Waals surface area contributed by atoms with Crippen molar-refractivity contribution >= 4 is 6.08 Å². The molecule has 0 saturated heterocycles. The Hall–Kier alpha value is -2.61. The molecule has 0 aromatic heterocycles. The number of aliphatic hydroxyl groups excluding tert-OH is 1. The first-order chi connectivity index (χ1) is 12.1. The quantitative estimate of drug-likeness (QED) is 0.722. The topological polar surface area (TPSA) is 65.3 Å². The molecule has 0 aliphatic heterocycles. The lowest BCUT2D eigenvalue weighted by Gasteiger charge is -2.13. The maximum atomic E-state index is 10.2. The van der Waals surface area contributed by atoms with Crippen molar-refractivity contribution in [2.45, 2.75) is 26.1 Å². The van der Waals surface area contributed by atoms with E-state index in [9.17, 15) is 5.11 Å². The molecular weight excluding hydrogens is 312 g/mol. The molecule has 0 bridgehead atoms. The second kappa shape index (κ2) is 9.63. The molecule has 2 N–H and O–H groups in total. The molecule has 4 nitrogen and oxygen atoms in total. The van der Waals surface area contributed by atoms with E-state index in [1.165, 1.54) is 0 Å². The highest BCUT2D eigenvalue weighted by Gasteiger charge is 2.07. The zero-order valence-electron chi connectivity index (χ0n) is 14.6. The van der Waals surface area contributed by atoms with E-state index in [-0.39, 0.29) is 6.10 Å². The lowest BCUT2D eigenvalue weighted by atomic mass is 10.1. The van der Waals surface area contributed by atoms with Gasteiger partial charge in [0.15, 0.2) is 0 Å². The summed E-state index contributed by atoms with van der Waals surface area (Å²) in [6.45, 7) is 5.10. The zero-order chi connectivity index (χ0) is 18.1. The fourth-order valence-electron chi connectivity index (χ4n) is 2.33. The van der Waals surface area contributed by atoms with Gasteiger partial charge in [0, 0.05) is 13.1 Å². The number of hydrogen-bond donors (Lipinski definition) is 2. The first kappa shape index (κ1) is 18.7. The SMILES string of the molecule is CC(C)Oc1ccc(C(O)CNC/C=C/c2ccc(C#N)cc2)cc1. The van der Waals surface area contributed by atoms with Gasteiger partial charge in [0.1, 0.15) is 5.75 Å². The van der Waals surface area contributed by atoms with E-state index < -0.39 is 6.10 Å². The van der Waals surface area contributed by atoms with Crippen molar-refractivity contribution in [2.75, 3.05) is 13.1 Å². The van der Waals surface area contributed by atoms with E-state index in [4.69, 9.17) is 10.00 Å². The summed E-state index contributed by atoms with van der Waals surface area (Å²) in [5, 5.41) is 22.2. The van der Waals surface area contributed by atoms with Crippen molar-refractivity contribution in [2.24, 2.45) is 0 Å². The standard InChI is InChI=1S/C21H24N2O2/c1-16(2)25-20-11-9-19(10-12-20)21(24)15-23-13-3-4-17-5-7-18(14-22)8-6-17/h3-12,16,21,23-24H,13,15H2,1-2H3/b4-3+. The Balaban J connectivity index is 1.75. The molecule has 0 fully saturated rings. The van der Waals surface area contributed by atoms with Gasteiger partial charge in [-0.15, -0.1) is 0 Å². The molecule has 0 heterocycles. The van der Waals surface area contributed by atoms with Crippen LogP contribution in [0.15, 0.2) is 54.6 Å². The van der Waals surface area contributed by atoms with Gasteiger partial charge in [0.25, 0.3) is 0 Å². The Morgan fingerprint density at radius 1 is 1.12 bits per heavy atom. The van der Waals surface area contributed by atoms with Gasteiger partial charge in [-0.3, -0.25) is 0 Å². The average Bonchev–Trinajstić information content (AvgIpc) is 2.62. The summed E-state index contributed by atoms with van der Waals surface area (Å²) in [6.07, 6.45) is 3.56. The number of nitriles is 1. The number of aliphatic hydroxyl groups is 1. The molecule has 130 valence electrons. The van der Waals surface area contributed by atoms with Crippen molar-refractivity contribution in [1.29, 1.82) is 5.26 Å². The Morgan fingerprint density at radius 3 is 2.40 bits per heavy atom.